The normalized spacial score (nSPS) is 30.5. The van der Waals surface area contributed by atoms with Crippen molar-refractivity contribution < 1.29 is 4.79 Å². The molecule has 3 nitrogen and oxygen atoms in total. The van der Waals surface area contributed by atoms with Crippen LogP contribution < -0.4 is 5.32 Å². The van der Waals surface area contributed by atoms with Gasteiger partial charge in [-0.05, 0) is 32.1 Å². The van der Waals surface area contributed by atoms with E-state index in [4.69, 9.17) is 0 Å². The number of nitrogens with zero attached hydrogens (tertiary/aromatic N) is 1. The monoisotopic (exact) mass is 226 g/mol. The molecule has 94 valence electrons. The lowest BCUT2D eigenvalue weighted by molar-refractivity contribution is -0.133. The standard InChI is InChI=1S/C13H26N2O/c1-6-11-14-13(5,7-2)12(16)15(11)9-8-10(3)4/h10-11,14H,6-9H2,1-5H3. The van der Waals surface area contributed by atoms with Crippen molar-refractivity contribution in [2.24, 2.45) is 5.92 Å². The Hall–Kier alpha value is -0.570. The van der Waals surface area contributed by atoms with Crippen LogP contribution in [0.5, 0.6) is 0 Å². The van der Waals surface area contributed by atoms with E-state index in [1.165, 1.54) is 0 Å². The number of carbonyl (C=O) groups excluding carboxylic acids is 1. The van der Waals surface area contributed by atoms with Crippen LogP contribution in [0.3, 0.4) is 0 Å². The van der Waals surface area contributed by atoms with Gasteiger partial charge in [0.25, 0.3) is 0 Å². The molecule has 1 heterocycles. The fourth-order valence-electron chi connectivity index (χ4n) is 2.20. The number of rotatable bonds is 5. The Bertz CT molecular complexity index is 252. The molecule has 3 heteroatoms. The average Bonchev–Trinajstić information content (AvgIpc) is 2.50. The molecule has 1 saturated heterocycles. The third kappa shape index (κ3) is 2.57. The van der Waals surface area contributed by atoms with Gasteiger partial charge in [-0.3, -0.25) is 10.1 Å². The molecule has 0 aromatic carbocycles. The van der Waals surface area contributed by atoms with Crippen molar-refractivity contribution in [3.8, 4) is 0 Å². The molecule has 2 unspecified atom stereocenters. The van der Waals surface area contributed by atoms with E-state index in [1.807, 2.05) is 11.8 Å². The second kappa shape index (κ2) is 5.17. The Labute approximate surface area is 99.6 Å². The zero-order valence-electron chi connectivity index (χ0n) is 11.3. The summed E-state index contributed by atoms with van der Waals surface area (Å²) in [6, 6.07) is 0. The minimum atomic E-state index is -0.336. The molecule has 0 spiro atoms. The molecule has 2 atom stereocenters. The van der Waals surface area contributed by atoms with Crippen molar-refractivity contribution in [3.05, 3.63) is 0 Å². The van der Waals surface area contributed by atoms with Gasteiger partial charge in [0.15, 0.2) is 0 Å². The third-order valence-corrected chi connectivity index (χ3v) is 3.64. The Morgan fingerprint density at radius 1 is 1.44 bits per heavy atom. The molecule has 1 amide bonds. The highest BCUT2D eigenvalue weighted by molar-refractivity contribution is 5.88. The van der Waals surface area contributed by atoms with Crippen LogP contribution in [-0.4, -0.2) is 29.1 Å². The molecule has 0 aromatic rings. The minimum Gasteiger partial charge on any atom is -0.326 e. The molecule has 16 heavy (non-hydrogen) atoms. The first-order chi connectivity index (χ1) is 7.44. The van der Waals surface area contributed by atoms with Gasteiger partial charge in [0, 0.05) is 6.54 Å². The lowest BCUT2D eigenvalue weighted by Crippen LogP contribution is -2.43. The van der Waals surface area contributed by atoms with Crippen molar-refractivity contribution >= 4 is 5.91 Å². The highest BCUT2D eigenvalue weighted by Crippen LogP contribution is 2.25. The van der Waals surface area contributed by atoms with Crippen LogP contribution in [-0.2, 0) is 4.79 Å². The maximum Gasteiger partial charge on any atom is 0.243 e. The summed E-state index contributed by atoms with van der Waals surface area (Å²) in [6.07, 6.45) is 3.17. The molecule has 1 fully saturated rings. The van der Waals surface area contributed by atoms with Crippen LogP contribution in [0.25, 0.3) is 0 Å². The molecule has 1 N–H and O–H groups in total. The van der Waals surface area contributed by atoms with E-state index in [9.17, 15) is 4.79 Å². The number of carbonyl (C=O) groups is 1. The van der Waals surface area contributed by atoms with Crippen LogP contribution in [0, 0.1) is 5.92 Å². The summed E-state index contributed by atoms with van der Waals surface area (Å²) in [5.74, 6) is 0.932. The number of hydrogen-bond donors (Lipinski definition) is 1. The zero-order valence-corrected chi connectivity index (χ0v) is 11.3. The Morgan fingerprint density at radius 3 is 2.50 bits per heavy atom. The Morgan fingerprint density at radius 2 is 2.06 bits per heavy atom. The fraction of sp³-hybridized carbons (Fsp3) is 0.923. The molecular formula is C13H26N2O. The molecule has 1 aliphatic rings. The van der Waals surface area contributed by atoms with Gasteiger partial charge in [0.05, 0.1) is 11.7 Å². The summed E-state index contributed by atoms with van der Waals surface area (Å²) in [5.41, 5.74) is -0.336. The maximum atomic E-state index is 12.3. The molecule has 0 aromatic heterocycles. The predicted molar refractivity (Wildman–Crippen MR) is 67.1 cm³/mol. The van der Waals surface area contributed by atoms with Crippen molar-refractivity contribution in [3.63, 3.8) is 0 Å². The first-order valence-electron chi connectivity index (χ1n) is 6.53. The van der Waals surface area contributed by atoms with Crippen molar-refractivity contribution in [1.82, 2.24) is 10.2 Å². The van der Waals surface area contributed by atoms with Gasteiger partial charge in [-0.1, -0.05) is 27.7 Å². The molecule has 0 bridgehead atoms. The second-order valence-electron chi connectivity index (χ2n) is 5.44. The summed E-state index contributed by atoms with van der Waals surface area (Å²) < 4.78 is 0. The van der Waals surface area contributed by atoms with Crippen LogP contribution in [0.4, 0.5) is 0 Å². The zero-order chi connectivity index (χ0) is 12.3. The maximum absolute atomic E-state index is 12.3. The molecule has 0 saturated carbocycles. The first kappa shape index (κ1) is 13.5. The van der Waals surface area contributed by atoms with Crippen molar-refractivity contribution in [2.45, 2.75) is 65.6 Å². The molecule has 1 aliphatic heterocycles. The first-order valence-corrected chi connectivity index (χ1v) is 6.53. The lowest BCUT2D eigenvalue weighted by atomic mass is 9.99. The van der Waals surface area contributed by atoms with E-state index in [1.54, 1.807) is 0 Å². The predicted octanol–water partition coefficient (Wildman–Crippen LogP) is 2.37. The Kier molecular flexibility index (Phi) is 4.36. The smallest absolute Gasteiger partial charge is 0.243 e. The largest absolute Gasteiger partial charge is 0.326 e. The van der Waals surface area contributed by atoms with Gasteiger partial charge in [-0.15, -0.1) is 0 Å². The molecule has 0 aliphatic carbocycles. The lowest BCUT2D eigenvalue weighted by Gasteiger charge is -2.24. The summed E-state index contributed by atoms with van der Waals surface area (Å²) >= 11 is 0. The van der Waals surface area contributed by atoms with Crippen LogP contribution >= 0.6 is 0 Å². The van der Waals surface area contributed by atoms with Gasteiger partial charge in [-0.25, -0.2) is 0 Å². The van der Waals surface area contributed by atoms with E-state index < -0.39 is 0 Å². The summed E-state index contributed by atoms with van der Waals surface area (Å²) in [5, 5.41) is 3.47. The van der Waals surface area contributed by atoms with Gasteiger partial charge in [-0.2, -0.15) is 0 Å². The SMILES string of the molecule is CCC1NC(C)(CC)C(=O)N1CCC(C)C. The summed E-state index contributed by atoms with van der Waals surface area (Å²) in [7, 11) is 0. The van der Waals surface area contributed by atoms with E-state index in [0.29, 0.717) is 5.92 Å². The molecular weight excluding hydrogens is 200 g/mol. The average molecular weight is 226 g/mol. The van der Waals surface area contributed by atoms with E-state index in [0.717, 1.165) is 25.8 Å². The van der Waals surface area contributed by atoms with Crippen LogP contribution in [0.2, 0.25) is 0 Å². The van der Waals surface area contributed by atoms with E-state index >= 15 is 0 Å². The highest BCUT2D eigenvalue weighted by atomic mass is 16.2. The Balaban J connectivity index is 2.70. The second-order valence-corrected chi connectivity index (χ2v) is 5.44. The van der Waals surface area contributed by atoms with Crippen LogP contribution in [0.15, 0.2) is 0 Å². The third-order valence-electron chi connectivity index (χ3n) is 3.64. The van der Waals surface area contributed by atoms with Crippen molar-refractivity contribution in [1.29, 1.82) is 0 Å². The van der Waals surface area contributed by atoms with E-state index in [-0.39, 0.29) is 17.6 Å². The van der Waals surface area contributed by atoms with E-state index in [2.05, 4.69) is 33.0 Å². The summed E-state index contributed by atoms with van der Waals surface area (Å²) in [4.78, 5) is 14.3. The highest BCUT2D eigenvalue weighted by Gasteiger charge is 2.45. The number of nitrogens with one attached hydrogen (secondary N) is 1. The van der Waals surface area contributed by atoms with Crippen LogP contribution in [0.1, 0.15) is 53.9 Å². The minimum absolute atomic E-state index is 0.233. The van der Waals surface area contributed by atoms with Crippen molar-refractivity contribution in [2.75, 3.05) is 6.54 Å². The molecule has 1 rings (SSSR count). The number of hydrogen-bond acceptors (Lipinski definition) is 2. The number of amides is 1. The van der Waals surface area contributed by atoms with Gasteiger partial charge < -0.3 is 4.90 Å². The van der Waals surface area contributed by atoms with Gasteiger partial charge in [0.1, 0.15) is 0 Å². The fourth-order valence-corrected chi connectivity index (χ4v) is 2.20. The quantitative estimate of drug-likeness (QED) is 0.780. The summed E-state index contributed by atoms with van der Waals surface area (Å²) in [6.45, 7) is 11.5. The topological polar surface area (TPSA) is 32.3 Å². The van der Waals surface area contributed by atoms with Gasteiger partial charge in [0.2, 0.25) is 5.91 Å². The van der Waals surface area contributed by atoms with Gasteiger partial charge >= 0.3 is 0 Å². The molecule has 0 radical (unpaired) electrons.